The molecule has 21 heavy (non-hydrogen) atoms. The third kappa shape index (κ3) is 4.54. The van der Waals surface area contributed by atoms with Crippen molar-refractivity contribution in [1.29, 1.82) is 0 Å². The molecular formula is C14H25N3O3S. The summed E-state index contributed by atoms with van der Waals surface area (Å²) in [6.45, 7) is 1.54. The molecule has 0 saturated heterocycles. The van der Waals surface area contributed by atoms with Gasteiger partial charge >= 0.3 is 0 Å². The fourth-order valence-electron chi connectivity index (χ4n) is 2.34. The van der Waals surface area contributed by atoms with Gasteiger partial charge in [0, 0.05) is 44.7 Å². The van der Waals surface area contributed by atoms with Crippen LogP contribution in [0.5, 0.6) is 0 Å². The molecule has 0 amide bonds. The number of nitrogens with zero attached hydrogens (tertiary/aromatic N) is 1. The van der Waals surface area contributed by atoms with Gasteiger partial charge in [-0.1, -0.05) is 0 Å². The molecule has 1 saturated carbocycles. The van der Waals surface area contributed by atoms with Gasteiger partial charge in [0.1, 0.15) is 0 Å². The molecule has 1 aliphatic carbocycles. The first-order valence-electron chi connectivity index (χ1n) is 7.48. The molecule has 1 fully saturated rings. The van der Waals surface area contributed by atoms with Crippen LogP contribution in [0.2, 0.25) is 0 Å². The average Bonchev–Trinajstić information content (AvgIpc) is 3.21. The van der Waals surface area contributed by atoms with Gasteiger partial charge in [-0.2, -0.15) is 0 Å². The van der Waals surface area contributed by atoms with Gasteiger partial charge in [-0.3, -0.25) is 0 Å². The zero-order valence-corrected chi connectivity index (χ0v) is 13.4. The summed E-state index contributed by atoms with van der Waals surface area (Å²) in [6.07, 6.45) is 6.64. The van der Waals surface area contributed by atoms with Gasteiger partial charge in [0.05, 0.1) is 4.90 Å². The summed E-state index contributed by atoms with van der Waals surface area (Å²) < 4.78 is 34.1. The quantitative estimate of drug-likeness (QED) is 0.639. The number of rotatable bonds is 10. The monoisotopic (exact) mass is 315 g/mol. The van der Waals surface area contributed by atoms with E-state index in [2.05, 4.69) is 4.72 Å². The average molecular weight is 315 g/mol. The van der Waals surface area contributed by atoms with Crippen molar-refractivity contribution in [1.82, 2.24) is 9.29 Å². The molecule has 0 aliphatic heterocycles. The lowest BCUT2D eigenvalue weighted by atomic mass is 10.2. The summed E-state index contributed by atoms with van der Waals surface area (Å²) in [7, 11) is -1.76. The van der Waals surface area contributed by atoms with Gasteiger partial charge in [0.2, 0.25) is 10.0 Å². The third-order valence-electron chi connectivity index (χ3n) is 3.68. The van der Waals surface area contributed by atoms with Gasteiger partial charge in [0.25, 0.3) is 0 Å². The molecule has 1 heterocycles. The maximum atomic E-state index is 12.3. The molecule has 2 rings (SSSR count). The predicted octanol–water partition coefficient (Wildman–Crippen LogP) is 1.38. The van der Waals surface area contributed by atoms with Crippen LogP contribution in [0.15, 0.2) is 17.2 Å². The summed E-state index contributed by atoms with van der Waals surface area (Å²) >= 11 is 0. The van der Waals surface area contributed by atoms with Gasteiger partial charge in [-0.25, -0.2) is 13.1 Å². The molecule has 120 valence electrons. The summed E-state index contributed by atoms with van der Waals surface area (Å²) in [5, 5.41) is 0. The Morgan fingerprint density at radius 2 is 2.14 bits per heavy atom. The van der Waals surface area contributed by atoms with E-state index in [4.69, 9.17) is 10.5 Å². The summed E-state index contributed by atoms with van der Waals surface area (Å²) in [5.74, 6) is 0. The van der Waals surface area contributed by atoms with Crippen LogP contribution in [0.1, 0.15) is 43.8 Å². The number of sulfonamides is 1. The van der Waals surface area contributed by atoms with Crippen molar-refractivity contribution in [2.45, 2.75) is 49.6 Å². The van der Waals surface area contributed by atoms with E-state index in [1.54, 1.807) is 19.4 Å². The Bertz CT molecular complexity index is 550. The lowest BCUT2D eigenvalue weighted by Gasteiger charge is -2.05. The third-order valence-corrected chi connectivity index (χ3v) is 5.11. The maximum absolute atomic E-state index is 12.3. The van der Waals surface area contributed by atoms with Crippen molar-refractivity contribution >= 4 is 10.0 Å². The fourth-order valence-corrected chi connectivity index (χ4v) is 3.46. The van der Waals surface area contributed by atoms with Crippen LogP contribution in [-0.2, 0) is 21.3 Å². The van der Waals surface area contributed by atoms with Crippen LogP contribution in [0.25, 0.3) is 0 Å². The van der Waals surface area contributed by atoms with E-state index >= 15 is 0 Å². The summed E-state index contributed by atoms with van der Waals surface area (Å²) in [4.78, 5) is 0.326. The predicted molar refractivity (Wildman–Crippen MR) is 81.5 cm³/mol. The normalized spacial score (nSPS) is 15.5. The second-order valence-corrected chi connectivity index (χ2v) is 7.23. The number of unbranched alkanes of at least 4 members (excludes halogenated alkanes) is 2. The van der Waals surface area contributed by atoms with E-state index in [9.17, 15) is 8.42 Å². The highest BCUT2D eigenvalue weighted by Crippen LogP contribution is 2.37. The van der Waals surface area contributed by atoms with Crippen molar-refractivity contribution in [3.63, 3.8) is 0 Å². The first-order valence-corrected chi connectivity index (χ1v) is 8.96. The Hall–Kier alpha value is -0.890. The van der Waals surface area contributed by atoms with E-state index < -0.39 is 10.0 Å². The Morgan fingerprint density at radius 1 is 1.38 bits per heavy atom. The number of ether oxygens (including phenoxy) is 1. The number of hydrogen-bond acceptors (Lipinski definition) is 4. The Balaban J connectivity index is 1.90. The number of methoxy groups -OCH3 is 1. The van der Waals surface area contributed by atoms with Crippen LogP contribution in [0, 0.1) is 0 Å². The largest absolute Gasteiger partial charge is 0.385 e. The van der Waals surface area contributed by atoms with Gasteiger partial charge in [-0.05, 0) is 38.2 Å². The SMILES string of the molecule is COCCCCCNS(=O)(=O)c1cc(CN)n(C2CC2)c1. The maximum Gasteiger partial charge on any atom is 0.242 e. The van der Waals surface area contributed by atoms with E-state index in [1.807, 2.05) is 4.57 Å². The summed E-state index contributed by atoms with van der Waals surface area (Å²) in [5.41, 5.74) is 6.58. The first-order chi connectivity index (χ1) is 10.1. The van der Waals surface area contributed by atoms with Crippen molar-refractivity contribution in [2.75, 3.05) is 20.3 Å². The molecule has 0 bridgehead atoms. The van der Waals surface area contributed by atoms with Crippen LogP contribution < -0.4 is 10.5 Å². The Morgan fingerprint density at radius 3 is 2.76 bits per heavy atom. The van der Waals surface area contributed by atoms with Crippen LogP contribution in [0.4, 0.5) is 0 Å². The molecule has 0 unspecified atom stereocenters. The highest BCUT2D eigenvalue weighted by Gasteiger charge is 2.27. The summed E-state index contributed by atoms with van der Waals surface area (Å²) in [6, 6.07) is 2.12. The van der Waals surface area contributed by atoms with Crippen molar-refractivity contribution < 1.29 is 13.2 Å². The fraction of sp³-hybridized carbons (Fsp3) is 0.714. The molecule has 0 aromatic carbocycles. The van der Waals surface area contributed by atoms with E-state index in [0.29, 0.717) is 24.0 Å². The molecule has 7 heteroatoms. The first kappa shape index (κ1) is 16.5. The van der Waals surface area contributed by atoms with Crippen LogP contribution in [0.3, 0.4) is 0 Å². The molecule has 0 spiro atoms. The topological polar surface area (TPSA) is 86.3 Å². The van der Waals surface area contributed by atoms with Crippen molar-refractivity contribution in [3.8, 4) is 0 Å². The van der Waals surface area contributed by atoms with Crippen LogP contribution in [-0.4, -0.2) is 33.2 Å². The molecule has 0 radical (unpaired) electrons. The van der Waals surface area contributed by atoms with Crippen molar-refractivity contribution in [2.24, 2.45) is 5.73 Å². The van der Waals surface area contributed by atoms with Crippen molar-refractivity contribution in [3.05, 3.63) is 18.0 Å². The molecule has 1 aliphatic rings. The lowest BCUT2D eigenvalue weighted by molar-refractivity contribution is 0.192. The second kappa shape index (κ2) is 7.40. The minimum absolute atomic E-state index is 0.326. The molecule has 0 atom stereocenters. The van der Waals surface area contributed by atoms with Gasteiger partial charge < -0.3 is 15.0 Å². The number of nitrogens with one attached hydrogen (secondary N) is 1. The number of hydrogen-bond donors (Lipinski definition) is 2. The number of aromatic nitrogens is 1. The molecule has 1 aromatic rings. The lowest BCUT2D eigenvalue weighted by Crippen LogP contribution is -2.24. The van der Waals surface area contributed by atoms with E-state index in [0.717, 1.165) is 44.4 Å². The van der Waals surface area contributed by atoms with Gasteiger partial charge in [-0.15, -0.1) is 0 Å². The zero-order chi connectivity index (χ0) is 15.3. The highest BCUT2D eigenvalue weighted by atomic mass is 32.2. The van der Waals surface area contributed by atoms with Crippen LogP contribution >= 0.6 is 0 Å². The minimum Gasteiger partial charge on any atom is -0.385 e. The number of nitrogens with two attached hydrogens (primary N) is 1. The Kier molecular flexibility index (Phi) is 5.80. The molecular weight excluding hydrogens is 290 g/mol. The molecule has 1 aromatic heterocycles. The van der Waals surface area contributed by atoms with Gasteiger partial charge in [0.15, 0.2) is 0 Å². The smallest absolute Gasteiger partial charge is 0.242 e. The molecule has 6 nitrogen and oxygen atoms in total. The van der Waals surface area contributed by atoms with E-state index in [1.165, 1.54) is 0 Å². The van der Waals surface area contributed by atoms with E-state index in [-0.39, 0.29) is 0 Å². The zero-order valence-electron chi connectivity index (χ0n) is 12.5. The minimum atomic E-state index is -3.43. The standard InChI is InChI=1S/C14H25N3O3S/c1-20-8-4-2-3-7-16-21(18,19)14-9-13(10-15)17(11-14)12-5-6-12/h9,11-12,16H,2-8,10,15H2,1H3. The highest BCUT2D eigenvalue weighted by molar-refractivity contribution is 7.89. The second-order valence-electron chi connectivity index (χ2n) is 5.46. The Labute approximate surface area is 126 Å². The molecule has 3 N–H and O–H groups in total.